The highest BCUT2D eigenvalue weighted by Crippen LogP contribution is 2.36. The summed E-state index contributed by atoms with van der Waals surface area (Å²) in [5.41, 5.74) is 1.31. The summed E-state index contributed by atoms with van der Waals surface area (Å²) in [5.74, 6) is 0.0759. The van der Waals surface area contributed by atoms with E-state index in [4.69, 9.17) is 0 Å². The van der Waals surface area contributed by atoms with Crippen molar-refractivity contribution in [1.82, 2.24) is 5.32 Å². The minimum Gasteiger partial charge on any atom is -0.376 e. The van der Waals surface area contributed by atoms with E-state index < -0.39 is 0 Å². The molecular weight excluding hydrogens is 224 g/mol. The zero-order chi connectivity index (χ0) is 12.8. The van der Waals surface area contributed by atoms with Crippen LogP contribution in [0.4, 0.5) is 5.69 Å². The second-order valence-corrected chi connectivity index (χ2v) is 5.51. The third kappa shape index (κ3) is 3.76. The van der Waals surface area contributed by atoms with Gasteiger partial charge in [0.15, 0.2) is 0 Å². The van der Waals surface area contributed by atoms with Crippen molar-refractivity contribution in [3.05, 3.63) is 30.3 Å². The normalized spacial score (nSPS) is 17.4. The van der Waals surface area contributed by atoms with Crippen LogP contribution in [0.2, 0.25) is 0 Å². The number of rotatable bonds is 5. The number of carbonyl (C=O) groups is 1. The van der Waals surface area contributed by atoms with Gasteiger partial charge in [0.05, 0.1) is 6.54 Å². The highest BCUT2D eigenvalue weighted by atomic mass is 16.1. The van der Waals surface area contributed by atoms with Gasteiger partial charge in [-0.2, -0.15) is 0 Å². The molecule has 0 spiro atoms. The molecule has 1 amide bonds. The molecule has 0 heterocycles. The van der Waals surface area contributed by atoms with E-state index in [9.17, 15) is 4.79 Å². The molecule has 3 heteroatoms. The molecule has 0 unspecified atom stereocenters. The fourth-order valence-electron chi connectivity index (χ4n) is 2.52. The molecule has 1 aliphatic rings. The summed E-state index contributed by atoms with van der Waals surface area (Å²) >= 11 is 0. The molecule has 1 aliphatic carbocycles. The lowest BCUT2D eigenvalue weighted by atomic mass is 9.89. The standard InChI is InChI=1S/C15H22N2O/c1-15(9-5-6-10-15)12-17-14(18)11-16-13-7-3-2-4-8-13/h2-4,7-8,16H,5-6,9-12H2,1H3,(H,17,18). The van der Waals surface area contributed by atoms with Crippen molar-refractivity contribution < 1.29 is 4.79 Å². The van der Waals surface area contributed by atoms with Crippen molar-refractivity contribution in [3.8, 4) is 0 Å². The smallest absolute Gasteiger partial charge is 0.239 e. The quantitative estimate of drug-likeness (QED) is 0.838. The van der Waals surface area contributed by atoms with Crippen LogP contribution in [0.25, 0.3) is 0 Å². The summed E-state index contributed by atoms with van der Waals surface area (Å²) < 4.78 is 0. The Hall–Kier alpha value is -1.51. The Morgan fingerprint density at radius 1 is 1.22 bits per heavy atom. The maximum atomic E-state index is 11.7. The number of hydrogen-bond acceptors (Lipinski definition) is 2. The van der Waals surface area contributed by atoms with E-state index in [1.165, 1.54) is 25.7 Å². The van der Waals surface area contributed by atoms with Crippen molar-refractivity contribution in [2.45, 2.75) is 32.6 Å². The third-order valence-corrected chi connectivity index (χ3v) is 3.75. The zero-order valence-electron chi connectivity index (χ0n) is 11.0. The summed E-state index contributed by atoms with van der Waals surface area (Å²) in [6.45, 7) is 3.42. The predicted molar refractivity (Wildman–Crippen MR) is 74.5 cm³/mol. The van der Waals surface area contributed by atoms with Crippen LogP contribution in [0.1, 0.15) is 32.6 Å². The van der Waals surface area contributed by atoms with Crippen LogP contribution >= 0.6 is 0 Å². The number of anilines is 1. The first-order chi connectivity index (χ1) is 8.68. The Morgan fingerprint density at radius 2 is 1.89 bits per heavy atom. The van der Waals surface area contributed by atoms with Gasteiger partial charge < -0.3 is 10.6 Å². The van der Waals surface area contributed by atoms with Crippen molar-refractivity contribution in [2.24, 2.45) is 5.41 Å². The van der Waals surface area contributed by atoms with Gasteiger partial charge >= 0.3 is 0 Å². The lowest BCUT2D eigenvalue weighted by molar-refractivity contribution is -0.119. The average molecular weight is 246 g/mol. The van der Waals surface area contributed by atoms with Crippen molar-refractivity contribution in [3.63, 3.8) is 0 Å². The summed E-state index contributed by atoms with van der Waals surface area (Å²) in [5, 5.41) is 6.15. The van der Waals surface area contributed by atoms with Gasteiger partial charge in [-0.1, -0.05) is 38.0 Å². The van der Waals surface area contributed by atoms with Gasteiger partial charge in [-0.25, -0.2) is 0 Å². The van der Waals surface area contributed by atoms with Gasteiger partial charge in [0, 0.05) is 12.2 Å². The number of carbonyl (C=O) groups excluding carboxylic acids is 1. The van der Waals surface area contributed by atoms with E-state index in [0.29, 0.717) is 12.0 Å². The lowest BCUT2D eigenvalue weighted by Gasteiger charge is -2.23. The van der Waals surface area contributed by atoms with Crippen LogP contribution in [0.15, 0.2) is 30.3 Å². The molecule has 1 aromatic rings. The molecule has 98 valence electrons. The number of nitrogens with one attached hydrogen (secondary N) is 2. The van der Waals surface area contributed by atoms with Crippen LogP contribution < -0.4 is 10.6 Å². The van der Waals surface area contributed by atoms with E-state index >= 15 is 0 Å². The highest BCUT2D eigenvalue weighted by Gasteiger charge is 2.28. The van der Waals surface area contributed by atoms with Gasteiger partial charge in [0.1, 0.15) is 0 Å². The summed E-state index contributed by atoms with van der Waals surface area (Å²) in [6, 6.07) is 9.81. The first-order valence-corrected chi connectivity index (χ1v) is 6.74. The topological polar surface area (TPSA) is 41.1 Å². The molecule has 3 nitrogen and oxygen atoms in total. The molecule has 1 fully saturated rings. The molecule has 0 radical (unpaired) electrons. The van der Waals surface area contributed by atoms with Gasteiger partial charge in [0.25, 0.3) is 0 Å². The van der Waals surface area contributed by atoms with E-state index in [1.54, 1.807) is 0 Å². The Morgan fingerprint density at radius 3 is 2.56 bits per heavy atom. The minimum absolute atomic E-state index is 0.0759. The molecule has 1 aromatic carbocycles. The first kappa shape index (κ1) is 12.9. The number of para-hydroxylation sites is 1. The van der Waals surface area contributed by atoms with E-state index in [-0.39, 0.29) is 5.91 Å². The molecule has 1 saturated carbocycles. The Bertz CT molecular complexity index is 383. The lowest BCUT2D eigenvalue weighted by Crippen LogP contribution is -2.37. The van der Waals surface area contributed by atoms with Crippen molar-refractivity contribution in [2.75, 3.05) is 18.4 Å². The molecule has 0 aromatic heterocycles. The van der Waals surface area contributed by atoms with Gasteiger partial charge in [-0.3, -0.25) is 4.79 Å². The Balaban J connectivity index is 1.69. The van der Waals surface area contributed by atoms with Crippen molar-refractivity contribution >= 4 is 11.6 Å². The fraction of sp³-hybridized carbons (Fsp3) is 0.533. The Kier molecular flexibility index (Phi) is 4.24. The first-order valence-electron chi connectivity index (χ1n) is 6.74. The van der Waals surface area contributed by atoms with Crippen LogP contribution in [0.3, 0.4) is 0 Å². The second-order valence-electron chi connectivity index (χ2n) is 5.51. The molecule has 2 N–H and O–H groups in total. The van der Waals surface area contributed by atoms with Gasteiger partial charge in [-0.05, 0) is 30.4 Å². The van der Waals surface area contributed by atoms with Gasteiger partial charge in [0.2, 0.25) is 5.91 Å². The van der Waals surface area contributed by atoms with Crippen molar-refractivity contribution in [1.29, 1.82) is 0 Å². The predicted octanol–water partition coefficient (Wildman–Crippen LogP) is 2.80. The average Bonchev–Trinajstić information content (AvgIpc) is 2.83. The summed E-state index contributed by atoms with van der Waals surface area (Å²) in [4.78, 5) is 11.7. The van der Waals surface area contributed by atoms with Gasteiger partial charge in [-0.15, -0.1) is 0 Å². The molecule has 0 bridgehead atoms. The number of amides is 1. The van der Waals surface area contributed by atoms with Crippen LogP contribution in [-0.2, 0) is 4.79 Å². The monoisotopic (exact) mass is 246 g/mol. The maximum Gasteiger partial charge on any atom is 0.239 e. The molecule has 0 saturated heterocycles. The maximum absolute atomic E-state index is 11.7. The Labute approximate surface area is 109 Å². The zero-order valence-corrected chi connectivity index (χ0v) is 11.0. The highest BCUT2D eigenvalue weighted by molar-refractivity contribution is 5.80. The second kappa shape index (κ2) is 5.89. The van der Waals surface area contributed by atoms with Crippen LogP contribution in [-0.4, -0.2) is 19.0 Å². The molecule has 0 atom stereocenters. The molecule has 2 rings (SSSR count). The SMILES string of the molecule is CC1(CNC(=O)CNc2ccccc2)CCCC1. The number of hydrogen-bond donors (Lipinski definition) is 2. The molecular formula is C15H22N2O. The fourth-order valence-corrected chi connectivity index (χ4v) is 2.52. The van der Waals surface area contributed by atoms with E-state index in [0.717, 1.165) is 12.2 Å². The third-order valence-electron chi connectivity index (χ3n) is 3.75. The molecule has 0 aliphatic heterocycles. The van der Waals surface area contributed by atoms with Crippen LogP contribution in [0.5, 0.6) is 0 Å². The minimum atomic E-state index is 0.0759. The van der Waals surface area contributed by atoms with Crippen LogP contribution in [0, 0.1) is 5.41 Å². The summed E-state index contributed by atoms with van der Waals surface area (Å²) in [7, 11) is 0. The number of benzene rings is 1. The largest absolute Gasteiger partial charge is 0.376 e. The molecule has 18 heavy (non-hydrogen) atoms. The summed E-state index contributed by atoms with van der Waals surface area (Å²) in [6.07, 6.45) is 5.07. The van der Waals surface area contributed by atoms with E-state index in [2.05, 4.69) is 17.6 Å². The van der Waals surface area contributed by atoms with E-state index in [1.807, 2.05) is 30.3 Å².